The van der Waals surface area contributed by atoms with Crippen LogP contribution in [-0.4, -0.2) is 29.8 Å². The Labute approximate surface area is 199 Å². The minimum atomic E-state index is -0.580. The molecule has 5 aromatic rings. The van der Waals surface area contributed by atoms with E-state index in [1.165, 1.54) is 6.07 Å². The van der Waals surface area contributed by atoms with Crippen molar-refractivity contribution >= 4 is 16.8 Å². The molecule has 1 fully saturated rings. The smallest absolute Gasteiger partial charge is 0.246 e. The average molecular weight is 466 g/mol. The Morgan fingerprint density at radius 1 is 1.14 bits per heavy atom. The van der Waals surface area contributed by atoms with Gasteiger partial charge in [-0.05, 0) is 59.9 Å². The fraction of sp³-hybridized carbons (Fsp3) is 0.192. The first kappa shape index (κ1) is 21.1. The predicted molar refractivity (Wildman–Crippen MR) is 127 cm³/mol. The molecule has 1 saturated carbocycles. The molecule has 6 rings (SSSR count). The number of pyridine rings is 1. The molecule has 0 aliphatic heterocycles. The van der Waals surface area contributed by atoms with E-state index in [4.69, 9.17) is 16.0 Å². The fourth-order valence-electron chi connectivity index (χ4n) is 4.22. The number of fused-ring (bicyclic) bond motifs is 1. The van der Waals surface area contributed by atoms with Crippen molar-refractivity contribution in [1.82, 2.24) is 24.7 Å². The third-order valence-corrected chi connectivity index (χ3v) is 6.14. The molecule has 0 spiro atoms. The van der Waals surface area contributed by atoms with Crippen LogP contribution >= 0.6 is 0 Å². The molecule has 2 aromatic carbocycles. The summed E-state index contributed by atoms with van der Waals surface area (Å²) in [6, 6.07) is 12.2. The van der Waals surface area contributed by atoms with Crippen LogP contribution in [0.15, 0.2) is 53.2 Å². The molecule has 0 atom stereocenters. The number of aromatic nitrogens is 5. The lowest BCUT2D eigenvalue weighted by molar-refractivity contribution is 0.281. The Kier molecular flexibility index (Phi) is 4.90. The van der Waals surface area contributed by atoms with Gasteiger partial charge in [0.1, 0.15) is 17.5 Å². The van der Waals surface area contributed by atoms with Crippen LogP contribution in [0.1, 0.15) is 30.0 Å². The Morgan fingerprint density at radius 3 is 2.71 bits per heavy atom. The van der Waals surface area contributed by atoms with Crippen molar-refractivity contribution in [1.29, 1.82) is 0 Å². The van der Waals surface area contributed by atoms with Crippen LogP contribution in [0.4, 0.5) is 10.1 Å². The van der Waals surface area contributed by atoms with Crippen molar-refractivity contribution in [3.8, 4) is 34.1 Å². The van der Waals surface area contributed by atoms with Crippen molar-refractivity contribution in [3.63, 3.8) is 0 Å². The van der Waals surface area contributed by atoms with Gasteiger partial charge in [0.05, 0.1) is 13.2 Å². The number of oxazole rings is 1. The fourth-order valence-corrected chi connectivity index (χ4v) is 4.22. The first-order valence-electron chi connectivity index (χ1n) is 11.1. The molecule has 8 nitrogen and oxygen atoms in total. The van der Waals surface area contributed by atoms with Crippen molar-refractivity contribution in [2.45, 2.75) is 25.4 Å². The number of nitrogens with zero attached hydrogens (tertiary/aromatic N) is 6. The predicted octanol–water partition coefficient (Wildman–Crippen LogP) is 5.41. The standard InChI is InChI=1S/C26H19FN6O2/c1-28-17-5-6-18(19(11-17)25-32-29-13-33(25)2)16-9-21(15-3-4-15)30-23(10-16)26-31-22-8-14(12-34)7-20(27)24(22)35-26/h5-11,13,15,34H,3-4,12H2,2H3. The zero-order chi connectivity index (χ0) is 24.1. The number of benzene rings is 2. The normalized spacial score (nSPS) is 13.3. The van der Waals surface area contributed by atoms with Gasteiger partial charge in [-0.25, -0.2) is 19.2 Å². The number of aryl methyl sites for hydroxylation is 1. The topological polar surface area (TPSA) is 94.2 Å². The molecule has 0 bridgehead atoms. The van der Waals surface area contributed by atoms with Crippen LogP contribution in [0, 0.1) is 12.4 Å². The molecule has 172 valence electrons. The highest BCUT2D eigenvalue weighted by Crippen LogP contribution is 2.43. The Bertz CT molecular complexity index is 1640. The molecule has 0 unspecified atom stereocenters. The monoisotopic (exact) mass is 466 g/mol. The Morgan fingerprint density at radius 2 is 2.00 bits per heavy atom. The van der Waals surface area contributed by atoms with Crippen molar-refractivity contribution in [2.24, 2.45) is 7.05 Å². The second-order valence-corrected chi connectivity index (χ2v) is 8.65. The van der Waals surface area contributed by atoms with Gasteiger partial charge in [-0.3, -0.25) is 0 Å². The van der Waals surface area contributed by atoms with Gasteiger partial charge in [-0.15, -0.1) is 10.2 Å². The zero-order valence-electron chi connectivity index (χ0n) is 18.7. The number of aliphatic hydroxyl groups excluding tert-OH is 1. The van der Waals surface area contributed by atoms with Crippen LogP contribution in [0.2, 0.25) is 0 Å². The summed E-state index contributed by atoms with van der Waals surface area (Å²) in [5.74, 6) is 0.604. The summed E-state index contributed by atoms with van der Waals surface area (Å²) in [6.07, 6.45) is 3.71. The molecule has 35 heavy (non-hydrogen) atoms. The van der Waals surface area contributed by atoms with E-state index in [9.17, 15) is 9.50 Å². The molecular weight excluding hydrogens is 447 g/mol. The van der Waals surface area contributed by atoms with Gasteiger partial charge in [-0.2, -0.15) is 0 Å². The molecule has 9 heteroatoms. The SMILES string of the molecule is [C-]#[N+]c1ccc(-c2cc(-c3nc4cc(CO)cc(F)c4o3)nc(C3CC3)c2)c(-c2nncn2C)c1. The maximum Gasteiger partial charge on any atom is 0.246 e. The first-order valence-corrected chi connectivity index (χ1v) is 11.1. The summed E-state index contributed by atoms with van der Waals surface area (Å²) in [4.78, 5) is 12.8. The molecule has 1 N–H and O–H groups in total. The lowest BCUT2D eigenvalue weighted by atomic mass is 9.97. The summed E-state index contributed by atoms with van der Waals surface area (Å²) in [6.45, 7) is 7.15. The van der Waals surface area contributed by atoms with E-state index in [1.54, 1.807) is 29.1 Å². The van der Waals surface area contributed by atoms with Gasteiger partial charge in [0.25, 0.3) is 0 Å². The second-order valence-electron chi connectivity index (χ2n) is 8.65. The molecule has 0 radical (unpaired) electrons. The highest BCUT2D eigenvalue weighted by Gasteiger charge is 2.27. The Hall–Kier alpha value is -4.42. The van der Waals surface area contributed by atoms with Gasteiger partial charge in [0.15, 0.2) is 22.9 Å². The zero-order valence-corrected chi connectivity index (χ0v) is 18.7. The van der Waals surface area contributed by atoms with Crippen LogP contribution in [-0.2, 0) is 13.7 Å². The lowest BCUT2D eigenvalue weighted by Crippen LogP contribution is -1.97. The summed E-state index contributed by atoms with van der Waals surface area (Å²) < 4.78 is 22.1. The van der Waals surface area contributed by atoms with Crippen molar-refractivity contribution < 1.29 is 13.9 Å². The summed E-state index contributed by atoms with van der Waals surface area (Å²) >= 11 is 0. The van der Waals surface area contributed by atoms with Crippen LogP contribution in [0.25, 0.3) is 50.0 Å². The van der Waals surface area contributed by atoms with E-state index in [0.29, 0.717) is 34.2 Å². The summed E-state index contributed by atoms with van der Waals surface area (Å²) in [5.41, 5.74) is 5.17. The number of hydrogen-bond donors (Lipinski definition) is 1. The minimum Gasteiger partial charge on any atom is -0.432 e. The molecular formula is C26H19FN6O2. The minimum absolute atomic E-state index is 0.0264. The summed E-state index contributed by atoms with van der Waals surface area (Å²) in [5, 5.41) is 17.7. The molecule has 0 amide bonds. The molecule has 3 aromatic heterocycles. The first-order chi connectivity index (χ1) is 17.0. The number of aliphatic hydroxyl groups is 1. The maximum absolute atomic E-state index is 14.5. The molecule has 0 saturated heterocycles. The lowest BCUT2D eigenvalue weighted by Gasteiger charge is -2.12. The molecule has 1 aliphatic rings. The average Bonchev–Trinajstić information content (AvgIpc) is 3.50. The highest BCUT2D eigenvalue weighted by atomic mass is 19.1. The van der Waals surface area contributed by atoms with E-state index in [2.05, 4.69) is 20.0 Å². The highest BCUT2D eigenvalue weighted by molar-refractivity contribution is 5.85. The van der Waals surface area contributed by atoms with Gasteiger partial charge < -0.3 is 14.1 Å². The van der Waals surface area contributed by atoms with E-state index in [1.807, 2.05) is 25.2 Å². The third kappa shape index (κ3) is 3.74. The Balaban J connectivity index is 1.55. The number of halogens is 1. The summed E-state index contributed by atoms with van der Waals surface area (Å²) in [7, 11) is 1.85. The van der Waals surface area contributed by atoms with Crippen LogP contribution < -0.4 is 0 Å². The largest absolute Gasteiger partial charge is 0.432 e. The van der Waals surface area contributed by atoms with E-state index in [-0.39, 0.29) is 18.1 Å². The third-order valence-electron chi connectivity index (χ3n) is 6.14. The number of hydrogen-bond acceptors (Lipinski definition) is 6. The number of rotatable bonds is 5. The second kappa shape index (κ2) is 8.11. The van der Waals surface area contributed by atoms with Crippen LogP contribution in [0.5, 0.6) is 0 Å². The maximum atomic E-state index is 14.5. The van der Waals surface area contributed by atoms with Crippen molar-refractivity contribution in [2.75, 3.05) is 0 Å². The van der Waals surface area contributed by atoms with Crippen molar-refractivity contribution in [3.05, 3.63) is 77.3 Å². The molecule has 3 heterocycles. The van der Waals surface area contributed by atoms with E-state index < -0.39 is 5.82 Å². The molecule has 1 aliphatic carbocycles. The van der Waals surface area contributed by atoms with E-state index >= 15 is 0 Å². The van der Waals surface area contributed by atoms with Gasteiger partial charge in [0.2, 0.25) is 5.89 Å². The van der Waals surface area contributed by atoms with Crippen LogP contribution in [0.3, 0.4) is 0 Å². The quantitative estimate of drug-likeness (QED) is 0.348. The van der Waals surface area contributed by atoms with Gasteiger partial charge in [-0.1, -0.05) is 12.1 Å². The van der Waals surface area contributed by atoms with Gasteiger partial charge in [0, 0.05) is 24.2 Å². The van der Waals surface area contributed by atoms with E-state index in [0.717, 1.165) is 35.2 Å². The van der Waals surface area contributed by atoms with Gasteiger partial charge >= 0.3 is 0 Å².